The number of oxazole rings is 1. The Labute approximate surface area is 159 Å². The molecule has 2 amide bonds. The molecule has 27 heavy (non-hydrogen) atoms. The van der Waals surface area contributed by atoms with Crippen molar-refractivity contribution >= 4 is 22.9 Å². The summed E-state index contributed by atoms with van der Waals surface area (Å²) in [7, 11) is 0. The van der Waals surface area contributed by atoms with E-state index in [4.69, 9.17) is 9.15 Å². The van der Waals surface area contributed by atoms with Crippen LogP contribution in [0, 0.1) is 0 Å². The van der Waals surface area contributed by atoms with Crippen LogP contribution in [0.4, 0.5) is 4.79 Å². The van der Waals surface area contributed by atoms with Gasteiger partial charge in [0.25, 0.3) is 5.24 Å². The van der Waals surface area contributed by atoms with E-state index in [1.807, 2.05) is 54.6 Å². The molecule has 6 nitrogen and oxygen atoms in total. The van der Waals surface area contributed by atoms with Crippen molar-refractivity contribution in [2.75, 3.05) is 0 Å². The van der Waals surface area contributed by atoms with Crippen LogP contribution in [0.3, 0.4) is 0 Å². The van der Waals surface area contributed by atoms with Crippen LogP contribution in [0.1, 0.15) is 11.3 Å². The van der Waals surface area contributed by atoms with Crippen LogP contribution in [0.25, 0.3) is 11.5 Å². The average molecular weight is 380 g/mol. The number of imide groups is 1. The summed E-state index contributed by atoms with van der Waals surface area (Å²) in [5.74, 6) is 1.03. The fraction of sp³-hybridized carbons (Fsp3) is 0.150. The van der Waals surface area contributed by atoms with E-state index in [0.717, 1.165) is 22.9 Å². The Balaban J connectivity index is 1.33. The summed E-state index contributed by atoms with van der Waals surface area (Å²) in [5, 5.41) is 1.65. The normalized spacial score (nSPS) is 16.4. The Morgan fingerprint density at radius 3 is 2.56 bits per heavy atom. The van der Waals surface area contributed by atoms with E-state index in [2.05, 4.69) is 10.3 Å². The third kappa shape index (κ3) is 4.20. The predicted molar refractivity (Wildman–Crippen MR) is 101 cm³/mol. The number of nitrogens with one attached hydrogen (secondary N) is 1. The summed E-state index contributed by atoms with van der Waals surface area (Å²) in [5.41, 5.74) is 2.59. The number of hydrogen-bond acceptors (Lipinski definition) is 6. The molecule has 1 aliphatic rings. The highest BCUT2D eigenvalue weighted by molar-refractivity contribution is 8.15. The maximum absolute atomic E-state index is 11.6. The van der Waals surface area contributed by atoms with Crippen LogP contribution < -0.4 is 10.1 Å². The van der Waals surface area contributed by atoms with Gasteiger partial charge in [0.05, 0.1) is 5.25 Å². The van der Waals surface area contributed by atoms with Crippen molar-refractivity contribution in [2.45, 2.75) is 18.3 Å². The molecule has 0 bridgehead atoms. The molecular formula is C20H16N2O4S. The topological polar surface area (TPSA) is 81.4 Å². The van der Waals surface area contributed by atoms with Crippen LogP contribution in [-0.4, -0.2) is 21.4 Å². The number of carbonyl (C=O) groups excluding carboxylic acids is 2. The number of nitrogens with zero attached hydrogens (tertiary/aromatic N) is 1. The number of amides is 2. The first-order valence-corrected chi connectivity index (χ1v) is 9.28. The quantitative estimate of drug-likeness (QED) is 0.700. The van der Waals surface area contributed by atoms with Gasteiger partial charge in [0, 0.05) is 5.56 Å². The molecule has 1 saturated heterocycles. The maximum atomic E-state index is 11.6. The van der Waals surface area contributed by atoms with Gasteiger partial charge in [-0.3, -0.25) is 14.9 Å². The third-order valence-corrected chi connectivity index (χ3v) is 5.05. The van der Waals surface area contributed by atoms with Crippen LogP contribution >= 0.6 is 11.8 Å². The summed E-state index contributed by atoms with van der Waals surface area (Å²) in [6, 6.07) is 17.1. The molecule has 0 spiro atoms. The fourth-order valence-corrected chi connectivity index (χ4v) is 3.57. The molecule has 136 valence electrons. The first kappa shape index (κ1) is 17.4. The lowest BCUT2D eigenvalue weighted by Gasteiger charge is -2.07. The Morgan fingerprint density at radius 2 is 1.85 bits per heavy atom. The Morgan fingerprint density at radius 1 is 1.07 bits per heavy atom. The van der Waals surface area contributed by atoms with Crippen LogP contribution in [0.15, 0.2) is 65.3 Å². The van der Waals surface area contributed by atoms with Gasteiger partial charge in [-0.2, -0.15) is 0 Å². The van der Waals surface area contributed by atoms with E-state index in [1.165, 1.54) is 0 Å². The highest BCUT2D eigenvalue weighted by Crippen LogP contribution is 2.24. The number of carbonyl (C=O) groups is 2. The minimum Gasteiger partial charge on any atom is -0.487 e. The highest BCUT2D eigenvalue weighted by Gasteiger charge is 2.31. The van der Waals surface area contributed by atoms with Crippen molar-refractivity contribution in [3.8, 4) is 17.2 Å². The van der Waals surface area contributed by atoms with Crippen molar-refractivity contribution in [1.29, 1.82) is 0 Å². The van der Waals surface area contributed by atoms with Crippen LogP contribution in [0.5, 0.6) is 5.75 Å². The smallest absolute Gasteiger partial charge is 0.286 e. The van der Waals surface area contributed by atoms with E-state index in [-0.39, 0.29) is 16.4 Å². The molecule has 3 aromatic rings. The minimum absolute atomic E-state index is 0.231. The number of benzene rings is 2. The van der Waals surface area contributed by atoms with Gasteiger partial charge in [0.2, 0.25) is 11.8 Å². The molecule has 1 aromatic heterocycles. The van der Waals surface area contributed by atoms with Gasteiger partial charge in [-0.05, 0) is 36.2 Å². The molecule has 1 fully saturated rings. The second kappa shape index (κ2) is 7.67. The SMILES string of the molecule is O=C1NC(=O)C(Cc2ccc(OCc3coc(-c4ccccc4)n3)cc2)S1. The van der Waals surface area contributed by atoms with Gasteiger partial charge in [-0.15, -0.1) is 0 Å². The predicted octanol–water partition coefficient (Wildman–Crippen LogP) is 3.81. The van der Waals surface area contributed by atoms with E-state index in [9.17, 15) is 9.59 Å². The van der Waals surface area contributed by atoms with Crippen molar-refractivity contribution in [2.24, 2.45) is 0 Å². The summed E-state index contributed by atoms with van der Waals surface area (Å²) >= 11 is 1.03. The van der Waals surface area contributed by atoms with E-state index >= 15 is 0 Å². The second-order valence-corrected chi connectivity index (χ2v) is 7.21. The maximum Gasteiger partial charge on any atom is 0.286 e. The summed E-state index contributed by atoms with van der Waals surface area (Å²) in [4.78, 5) is 27.3. The average Bonchev–Trinajstić information content (AvgIpc) is 3.28. The third-order valence-electron chi connectivity index (χ3n) is 4.07. The monoisotopic (exact) mass is 380 g/mol. The van der Waals surface area contributed by atoms with Gasteiger partial charge in [-0.1, -0.05) is 42.1 Å². The van der Waals surface area contributed by atoms with Crippen molar-refractivity contribution < 1.29 is 18.7 Å². The van der Waals surface area contributed by atoms with Gasteiger partial charge in [0.1, 0.15) is 24.3 Å². The molecule has 1 N–H and O–H groups in total. The molecule has 0 saturated carbocycles. The lowest BCUT2D eigenvalue weighted by molar-refractivity contribution is -0.118. The molecule has 0 aliphatic carbocycles. The fourth-order valence-electron chi connectivity index (χ4n) is 2.71. The van der Waals surface area contributed by atoms with E-state index in [0.29, 0.717) is 30.4 Å². The lowest BCUT2D eigenvalue weighted by Crippen LogP contribution is -2.25. The number of thioether (sulfide) groups is 1. The van der Waals surface area contributed by atoms with Gasteiger partial charge in [0.15, 0.2) is 0 Å². The van der Waals surface area contributed by atoms with E-state index in [1.54, 1.807) is 6.26 Å². The number of hydrogen-bond donors (Lipinski definition) is 1. The lowest BCUT2D eigenvalue weighted by atomic mass is 10.1. The first-order valence-electron chi connectivity index (χ1n) is 8.40. The second-order valence-electron chi connectivity index (χ2n) is 6.03. The number of ether oxygens (including phenoxy) is 1. The highest BCUT2D eigenvalue weighted by atomic mass is 32.2. The molecular weight excluding hydrogens is 364 g/mol. The Kier molecular flexibility index (Phi) is 4.93. The van der Waals surface area contributed by atoms with Gasteiger partial charge in [-0.25, -0.2) is 4.98 Å². The number of rotatable bonds is 6. The summed E-state index contributed by atoms with van der Waals surface area (Å²) < 4.78 is 11.2. The minimum atomic E-state index is -0.365. The molecule has 0 radical (unpaired) electrons. The van der Waals surface area contributed by atoms with Gasteiger partial charge >= 0.3 is 0 Å². The molecule has 1 unspecified atom stereocenters. The van der Waals surface area contributed by atoms with Crippen LogP contribution in [0.2, 0.25) is 0 Å². The zero-order chi connectivity index (χ0) is 18.6. The molecule has 4 rings (SSSR count). The molecule has 2 aromatic carbocycles. The molecule has 1 atom stereocenters. The zero-order valence-electron chi connectivity index (χ0n) is 14.3. The Bertz CT molecular complexity index is 954. The largest absolute Gasteiger partial charge is 0.487 e. The standard InChI is InChI=1S/C20H16N2O4S/c23-18-17(27-20(24)22-18)10-13-6-8-16(9-7-13)25-11-15-12-26-19(21-15)14-4-2-1-3-5-14/h1-9,12,17H,10-11H2,(H,22,23,24). The Hall–Kier alpha value is -3.06. The van der Waals surface area contributed by atoms with Crippen molar-refractivity contribution in [3.63, 3.8) is 0 Å². The van der Waals surface area contributed by atoms with Crippen molar-refractivity contribution in [1.82, 2.24) is 10.3 Å². The first-order chi connectivity index (χ1) is 13.2. The molecule has 1 aliphatic heterocycles. The zero-order valence-corrected chi connectivity index (χ0v) is 15.1. The van der Waals surface area contributed by atoms with Crippen molar-refractivity contribution in [3.05, 3.63) is 72.1 Å². The van der Waals surface area contributed by atoms with E-state index < -0.39 is 0 Å². The summed E-state index contributed by atoms with van der Waals surface area (Å²) in [6.45, 7) is 0.297. The summed E-state index contributed by atoms with van der Waals surface area (Å²) in [6.07, 6.45) is 2.09. The van der Waals surface area contributed by atoms with Crippen LogP contribution in [-0.2, 0) is 17.8 Å². The molecule has 2 heterocycles. The van der Waals surface area contributed by atoms with Gasteiger partial charge < -0.3 is 9.15 Å². The molecule has 7 heteroatoms. The number of aromatic nitrogens is 1.